The van der Waals surface area contributed by atoms with Crippen LogP contribution in [0.5, 0.6) is 5.75 Å². The lowest BCUT2D eigenvalue weighted by Gasteiger charge is -2.18. The van der Waals surface area contributed by atoms with Crippen LogP contribution in [0.4, 0.5) is 14.5 Å². The van der Waals surface area contributed by atoms with Crippen molar-refractivity contribution in [3.8, 4) is 5.75 Å². The summed E-state index contributed by atoms with van der Waals surface area (Å²) >= 11 is 0. The van der Waals surface area contributed by atoms with Gasteiger partial charge in [-0.25, -0.2) is 0 Å². The van der Waals surface area contributed by atoms with Crippen molar-refractivity contribution >= 4 is 11.6 Å². The summed E-state index contributed by atoms with van der Waals surface area (Å²) in [7, 11) is 1.83. The highest BCUT2D eigenvalue weighted by Crippen LogP contribution is 2.19. The molecule has 0 saturated heterocycles. The molecular weight excluding hydrogens is 386 g/mol. The molecule has 0 aliphatic rings. The molecule has 0 aliphatic carbocycles. The van der Waals surface area contributed by atoms with Crippen molar-refractivity contribution in [2.45, 2.75) is 19.6 Å². The van der Waals surface area contributed by atoms with Gasteiger partial charge in [0.25, 0.3) is 0 Å². The number of likely N-dealkylation sites (N-methyl/N-ethyl adjacent to an activating group) is 1. The van der Waals surface area contributed by atoms with E-state index in [2.05, 4.69) is 22.2 Å². The van der Waals surface area contributed by atoms with Gasteiger partial charge in [-0.15, -0.1) is 0 Å². The Balaban J connectivity index is 1.55. The first-order valence-electron chi connectivity index (χ1n) is 9.63. The van der Waals surface area contributed by atoms with Crippen LogP contribution >= 0.6 is 0 Å². The SMILES string of the molecule is CN(CC(=O)Nc1ccccc1Cc1ccccc1)Cc1ccc(OC(F)F)cc1. The Labute approximate surface area is 175 Å². The third-order valence-corrected chi connectivity index (χ3v) is 4.54. The molecule has 30 heavy (non-hydrogen) atoms. The molecule has 0 heterocycles. The summed E-state index contributed by atoms with van der Waals surface area (Å²) in [5.41, 5.74) is 3.93. The first-order chi connectivity index (χ1) is 14.5. The van der Waals surface area contributed by atoms with E-state index in [1.54, 1.807) is 12.1 Å². The number of para-hydroxylation sites is 1. The zero-order valence-electron chi connectivity index (χ0n) is 16.7. The van der Waals surface area contributed by atoms with Crippen LogP contribution < -0.4 is 10.1 Å². The third-order valence-electron chi connectivity index (χ3n) is 4.54. The Bertz CT molecular complexity index is 947. The predicted octanol–water partition coefficient (Wildman–Crippen LogP) is 4.95. The van der Waals surface area contributed by atoms with E-state index in [0.29, 0.717) is 6.54 Å². The standard InChI is InChI=1S/C24H24F2N2O2/c1-28(16-19-11-13-21(14-12-19)30-24(25)26)17-23(29)27-22-10-6-5-9-20(22)15-18-7-3-2-4-8-18/h2-14,24H,15-17H2,1H3,(H,27,29). The highest BCUT2D eigenvalue weighted by Gasteiger charge is 2.11. The van der Waals surface area contributed by atoms with Gasteiger partial charge in [0.15, 0.2) is 0 Å². The fraction of sp³-hybridized carbons (Fsp3) is 0.208. The molecule has 0 aliphatic heterocycles. The minimum absolute atomic E-state index is 0.115. The number of benzene rings is 3. The lowest BCUT2D eigenvalue weighted by Crippen LogP contribution is -2.30. The van der Waals surface area contributed by atoms with Gasteiger partial charge < -0.3 is 10.1 Å². The average molecular weight is 410 g/mol. The van der Waals surface area contributed by atoms with Gasteiger partial charge in [0.05, 0.1) is 6.54 Å². The summed E-state index contributed by atoms with van der Waals surface area (Å²) in [4.78, 5) is 14.4. The molecule has 0 bridgehead atoms. The largest absolute Gasteiger partial charge is 0.435 e. The van der Waals surface area contributed by atoms with Crippen LogP contribution in [0.3, 0.4) is 0 Å². The molecule has 0 atom stereocenters. The second-order valence-corrected chi connectivity index (χ2v) is 7.06. The van der Waals surface area contributed by atoms with E-state index in [9.17, 15) is 13.6 Å². The summed E-state index contributed by atoms with van der Waals surface area (Å²) in [5.74, 6) is -0.000153. The van der Waals surface area contributed by atoms with E-state index in [-0.39, 0.29) is 18.2 Å². The van der Waals surface area contributed by atoms with Crippen molar-refractivity contribution < 1.29 is 18.3 Å². The molecule has 1 N–H and O–H groups in total. The zero-order valence-corrected chi connectivity index (χ0v) is 16.7. The molecule has 156 valence electrons. The van der Waals surface area contributed by atoms with Crippen molar-refractivity contribution in [2.24, 2.45) is 0 Å². The number of ether oxygens (including phenoxy) is 1. The number of alkyl halides is 2. The maximum atomic E-state index is 12.5. The Morgan fingerprint density at radius 1 is 0.933 bits per heavy atom. The fourth-order valence-electron chi connectivity index (χ4n) is 3.19. The minimum Gasteiger partial charge on any atom is -0.435 e. The molecule has 1 amide bonds. The monoisotopic (exact) mass is 410 g/mol. The fourth-order valence-corrected chi connectivity index (χ4v) is 3.19. The van der Waals surface area contributed by atoms with Gasteiger partial charge >= 0.3 is 6.61 Å². The molecule has 3 aromatic rings. The number of amides is 1. The van der Waals surface area contributed by atoms with Gasteiger partial charge in [-0.05, 0) is 48.4 Å². The number of hydrogen-bond acceptors (Lipinski definition) is 3. The van der Waals surface area contributed by atoms with E-state index in [1.165, 1.54) is 17.7 Å². The van der Waals surface area contributed by atoms with E-state index in [1.807, 2.05) is 54.4 Å². The van der Waals surface area contributed by atoms with Gasteiger partial charge in [0, 0.05) is 12.2 Å². The molecule has 0 unspecified atom stereocenters. The first-order valence-corrected chi connectivity index (χ1v) is 9.63. The van der Waals surface area contributed by atoms with Crippen molar-refractivity contribution in [3.05, 3.63) is 95.6 Å². The van der Waals surface area contributed by atoms with Gasteiger partial charge in [0.1, 0.15) is 5.75 Å². The number of nitrogens with one attached hydrogen (secondary N) is 1. The van der Waals surface area contributed by atoms with Gasteiger partial charge in [-0.3, -0.25) is 9.69 Å². The van der Waals surface area contributed by atoms with Gasteiger partial charge in [-0.2, -0.15) is 8.78 Å². The number of hydrogen-bond donors (Lipinski definition) is 1. The number of halogens is 2. The molecule has 6 heteroatoms. The van der Waals surface area contributed by atoms with Crippen LogP contribution in [-0.4, -0.2) is 31.0 Å². The van der Waals surface area contributed by atoms with E-state index >= 15 is 0 Å². The van der Waals surface area contributed by atoms with Crippen molar-refractivity contribution in [1.82, 2.24) is 4.90 Å². The molecule has 0 aromatic heterocycles. The van der Waals surface area contributed by atoms with Crippen molar-refractivity contribution in [1.29, 1.82) is 0 Å². The number of nitrogens with zero attached hydrogens (tertiary/aromatic N) is 1. The van der Waals surface area contributed by atoms with Crippen LogP contribution in [0.25, 0.3) is 0 Å². The normalized spacial score (nSPS) is 11.0. The molecule has 0 spiro atoms. The van der Waals surface area contributed by atoms with Gasteiger partial charge in [-0.1, -0.05) is 60.7 Å². The summed E-state index contributed by atoms with van der Waals surface area (Å²) in [6.07, 6.45) is 0.736. The highest BCUT2D eigenvalue weighted by molar-refractivity contribution is 5.93. The van der Waals surface area contributed by atoms with Crippen LogP contribution in [0.1, 0.15) is 16.7 Å². The Kier molecular flexibility index (Phi) is 7.51. The first kappa shape index (κ1) is 21.5. The summed E-state index contributed by atoms with van der Waals surface area (Å²) in [5, 5.41) is 2.99. The van der Waals surface area contributed by atoms with E-state index in [4.69, 9.17) is 0 Å². The van der Waals surface area contributed by atoms with Crippen LogP contribution in [-0.2, 0) is 17.8 Å². The quantitative estimate of drug-likeness (QED) is 0.543. The summed E-state index contributed by atoms with van der Waals surface area (Å²) in [6, 6.07) is 24.3. The molecular formula is C24H24F2N2O2. The second kappa shape index (κ2) is 10.5. The van der Waals surface area contributed by atoms with Crippen LogP contribution in [0.2, 0.25) is 0 Å². The molecule has 0 saturated carbocycles. The van der Waals surface area contributed by atoms with E-state index in [0.717, 1.165) is 23.2 Å². The Hall–Kier alpha value is -3.25. The summed E-state index contributed by atoms with van der Waals surface area (Å²) in [6.45, 7) is -2.13. The predicted molar refractivity (Wildman–Crippen MR) is 114 cm³/mol. The van der Waals surface area contributed by atoms with Gasteiger partial charge in [0.2, 0.25) is 5.91 Å². The van der Waals surface area contributed by atoms with Crippen molar-refractivity contribution in [3.63, 3.8) is 0 Å². The lowest BCUT2D eigenvalue weighted by atomic mass is 10.0. The maximum Gasteiger partial charge on any atom is 0.387 e. The lowest BCUT2D eigenvalue weighted by molar-refractivity contribution is -0.117. The topological polar surface area (TPSA) is 41.6 Å². The molecule has 3 rings (SSSR count). The van der Waals surface area contributed by atoms with Crippen LogP contribution in [0.15, 0.2) is 78.9 Å². The Morgan fingerprint density at radius 3 is 2.30 bits per heavy atom. The Morgan fingerprint density at radius 2 is 1.60 bits per heavy atom. The second-order valence-electron chi connectivity index (χ2n) is 7.06. The number of anilines is 1. The van der Waals surface area contributed by atoms with Crippen molar-refractivity contribution in [2.75, 3.05) is 18.9 Å². The molecule has 3 aromatic carbocycles. The molecule has 0 radical (unpaired) electrons. The molecule has 4 nitrogen and oxygen atoms in total. The summed E-state index contributed by atoms with van der Waals surface area (Å²) < 4.78 is 28.8. The smallest absolute Gasteiger partial charge is 0.387 e. The zero-order chi connectivity index (χ0) is 21.3. The third kappa shape index (κ3) is 6.67. The maximum absolute atomic E-state index is 12.5. The number of carbonyl (C=O) groups excluding carboxylic acids is 1. The van der Waals surface area contributed by atoms with E-state index < -0.39 is 6.61 Å². The minimum atomic E-state index is -2.84. The van der Waals surface area contributed by atoms with Crippen LogP contribution in [0, 0.1) is 0 Å². The highest BCUT2D eigenvalue weighted by atomic mass is 19.3. The number of carbonyl (C=O) groups is 1. The number of rotatable bonds is 9. The average Bonchev–Trinajstić information content (AvgIpc) is 2.71. The molecule has 0 fully saturated rings.